The van der Waals surface area contributed by atoms with Gasteiger partial charge in [0.05, 0.1) is 11.1 Å². The topological polar surface area (TPSA) is 48.7 Å². The second-order valence-corrected chi connectivity index (χ2v) is 4.57. The predicted octanol–water partition coefficient (Wildman–Crippen LogP) is 2.49. The zero-order chi connectivity index (χ0) is 10.9. The normalized spacial score (nSPS) is 10.1. The van der Waals surface area contributed by atoms with E-state index in [-0.39, 0.29) is 0 Å². The summed E-state index contributed by atoms with van der Waals surface area (Å²) < 4.78 is 0. The van der Waals surface area contributed by atoms with Gasteiger partial charge in [0, 0.05) is 24.0 Å². The number of nitrogens with one attached hydrogen (secondary N) is 1. The number of hydrogen-bond donors (Lipinski definition) is 1. The first kappa shape index (κ1) is 12.2. The predicted molar refractivity (Wildman–Crippen MR) is 62.7 cm³/mol. The van der Waals surface area contributed by atoms with Crippen LogP contribution in [0.5, 0.6) is 0 Å². The molecule has 3 nitrogen and oxygen atoms in total. The van der Waals surface area contributed by atoms with Gasteiger partial charge in [-0.25, -0.2) is 4.98 Å². The van der Waals surface area contributed by atoms with E-state index in [1.54, 1.807) is 11.3 Å². The second kappa shape index (κ2) is 7.38. The van der Waals surface area contributed by atoms with Gasteiger partial charge in [-0.15, -0.1) is 11.3 Å². The minimum absolute atomic E-state index is 0.669. The fourth-order valence-corrected chi connectivity index (χ4v) is 2.09. The molecule has 0 aliphatic rings. The van der Waals surface area contributed by atoms with E-state index in [9.17, 15) is 0 Å². The van der Waals surface area contributed by atoms with Crippen LogP contribution in [-0.4, -0.2) is 11.5 Å². The average Bonchev–Trinajstić information content (AvgIpc) is 2.71. The zero-order valence-electron chi connectivity index (χ0n) is 9.12. The van der Waals surface area contributed by atoms with E-state index in [0.29, 0.717) is 6.42 Å². The number of rotatable bonds is 7. The lowest BCUT2D eigenvalue weighted by Gasteiger charge is -2.00. The van der Waals surface area contributed by atoms with E-state index in [1.165, 1.54) is 9.88 Å². The van der Waals surface area contributed by atoms with Crippen LogP contribution in [0.25, 0.3) is 0 Å². The SMILES string of the molecule is CCc1ncc(CNCCCCC#N)s1. The Morgan fingerprint density at radius 2 is 2.40 bits per heavy atom. The highest BCUT2D eigenvalue weighted by molar-refractivity contribution is 7.11. The third-order valence-electron chi connectivity index (χ3n) is 2.10. The van der Waals surface area contributed by atoms with Crippen LogP contribution in [0.4, 0.5) is 0 Å². The summed E-state index contributed by atoms with van der Waals surface area (Å²) in [6.07, 6.45) is 5.71. The Hall–Kier alpha value is -0.920. The molecular weight excluding hydrogens is 206 g/mol. The van der Waals surface area contributed by atoms with Gasteiger partial charge in [-0.05, 0) is 25.8 Å². The van der Waals surface area contributed by atoms with Crippen LogP contribution in [0.2, 0.25) is 0 Å². The van der Waals surface area contributed by atoms with Gasteiger partial charge < -0.3 is 5.32 Å². The standard InChI is InChI=1S/C11H17N3S/c1-2-11-14-9-10(15-11)8-13-7-5-3-4-6-12/h9,13H,2-5,7-8H2,1H3. The third kappa shape index (κ3) is 4.91. The van der Waals surface area contributed by atoms with Crippen LogP contribution in [0.1, 0.15) is 36.1 Å². The molecule has 1 aromatic rings. The lowest BCUT2D eigenvalue weighted by Crippen LogP contribution is -2.13. The van der Waals surface area contributed by atoms with Gasteiger partial charge in [0.25, 0.3) is 0 Å². The summed E-state index contributed by atoms with van der Waals surface area (Å²) in [6, 6.07) is 2.15. The molecule has 15 heavy (non-hydrogen) atoms. The third-order valence-corrected chi connectivity index (χ3v) is 3.24. The summed E-state index contributed by atoms with van der Waals surface area (Å²) >= 11 is 1.78. The molecule has 4 heteroatoms. The van der Waals surface area contributed by atoms with Crippen LogP contribution in [0.3, 0.4) is 0 Å². The number of aryl methyl sites for hydroxylation is 1. The summed E-state index contributed by atoms with van der Waals surface area (Å²) in [7, 11) is 0. The molecular formula is C11H17N3S. The first-order chi connectivity index (χ1) is 7.36. The number of hydrogen-bond acceptors (Lipinski definition) is 4. The van der Waals surface area contributed by atoms with Crippen molar-refractivity contribution in [3.63, 3.8) is 0 Å². The number of unbranched alkanes of at least 4 members (excludes halogenated alkanes) is 2. The molecule has 1 rings (SSSR count). The summed E-state index contributed by atoms with van der Waals surface area (Å²) in [6.45, 7) is 4.02. The minimum Gasteiger partial charge on any atom is -0.312 e. The number of thiazole rings is 1. The molecule has 0 aliphatic carbocycles. The first-order valence-electron chi connectivity index (χ1n) is 5.38. The van der Waals surface area contributed by atoms with Crippen molar-refractivity contribution in [2.75, 3.05) is 6.54 Å². The molecule has 0 atom stereocenters. The van der Waals surface area contributed by atoms with Gasteiger partial charge in [0.2, 0.25) is 0 Å². The Bertz CT molecular complexity index is 314. The van der Waals surface area contributed by atoms with Crippen molar-refractivity contribution in [2.45, 2.75) is 39.2 Å². The van der Waals surface area contributed by atoms with Gasteiger partial charge in [0.15, 0.2) is 0 Å². The molecule has 0 aliphatic heterocycles. The molecule has 0 amide bonds. The lowest BCUT2D eigenvalue weighted by molar-refractivity contribution is 0.632. The Morgan fingerprint density at radius 3 is 3.07 bits per heavy atom. The molecule has 0 spiro atoms. The van der Waals surface area contributed by atoms with Crippen molar-refractivity contribution in [3.8, 4) is 6.07 Å². The summed E-state index contributed by atoms with van der Waals surface area (Å²) in [5, 5.41) is 12.9. The van der Waals surface area contributed by atoms with Crippen LogP contribution < -0.4 is 5.32 Å². The molecule has 0 aromatic carbocycles. The quantitative estimate of drug-likeness (QED) is 0.722. The molecule has 0 saturated carbocycles. The van der Waals surface area contributed by atoms with Crippen molar-refractivity contribution in [1.82, 2.24) is 10.3 Å². The van der Waals surface area contributed by atoms with E-state index in [0.717, 1.165) is 32.4 Å². The van der Waals surface area contributed by atoms with Gasteiger partial charge in [0.1, 0.15) is 0 Å². The Labute approximate surface area is 95.2 Å². The number of nitrogens with zero attached hydrogens (tertiary/aromatic N) is 2. The van der Waals surface area contributed by atoms with Crippen LogP contribution >= 0.6 is 11.3 Å². The fraction of sp³-hybridized carbons (Fsp3) is 0.636. The first-order valence-corrected chi connectivity index (χ1v) is 6.19. The average molecular weight is 223 g/mol. The van der Waals surface area contributed by atoms with E-state index < -0.39 is 0 Å². The van der Waals surface area contributed by atoms with Gasteiger partial charge >= 0.3 is 0 Å². The molecule has 0 radical (unpaired) electrons. The number of aromatic nitrogens is 1. The van der Waals surface area contributed by atoms with Gasteiger partial charge in [-0.1, -0.05) is 6.92 Å². The van der Waals surface area contributed by atoms with Crippen LogP contribution in [0, 0.1) is 11.3 Å². The minimum atomic E-state index is 0.669. The summed E-state index contributed by atoms with van der Waals surface area (Å²) in [5.74, 6) is 0. The van der Waals surface area contributed by atoms with E-state index >= 15 is 0 Å². The molecule has 0 fully saturated rings. The number of nitriles is 1. The summed E-state index contributed by atoms with van der Waals surface area (Å²) in [4.78, 5) is 5.60. The molecule has 1 N–H and O–H groups in total. The summed E-state index contributed by atoms with van der Waals surface area (Å²) in [5.41, 5.74) is 0. The van der Waals surface area contributed by atoms with Crippen molar-refractivity contribution in [3.05, 3.63) is 16.1 Å². The second-order valence-electron chi connectivity index (χ2n) is 3.37. The van der Waals surface area contributed by atoms with Crippen molar-refractivity contribution in [2.24, 2.45) is 0 Å². The Balaban J connectivity index is 2.07. The van der Waals surface area contributed by atoms with E-state index in [2.05, 4.69) is 23.3 Å². The molecule has 0 unspecified atom stereocenters. The molecule has 82 valence electrons. The Kier molecular flexibility index (Phi) is 5.98. The van der Waals surface area contributed by atoms with Crippen molar-refractivity contribution >= 4 is 11.3 Å². The maximum Gasteiger partial charge on any atom is 0.0925 e. The smallest absolute Gasteiger partial charge is 0.0925 e. The van der Waals surface area contributed by atoms with Gasteiger partial charge in [-0.3, -0.25) is 0 Å². The van der Waals surface area contributed by atoms with Gasteiger partial charge in [-0.2, -0.15) is 5.26 Å². The molecule has 0 saturated heterocycles. The monoisotopic (exact) mass is 223 g/mol. The van der Waals surface area contributed by atoms with Crippen LogP contribution in [-0.2, 0) is 13.0 Å². The maximum absolute atomic E-state index is 8.35. The molecule has 0 bridgehead atoms. The highest BCUT2D eigenvalue weighted by Crippen LogP contribution is 2.12. The van der Waals surface area contributed by atoms with E-state index in [1.807, 2.05) is 6.20 Å². The Morgan fingerprint density at radius 1 is 1.53 bits per heavy atom. The molecule has 1 aromatic heterocycles. The fourth-order valence-electron chi connectivity index (χ4n) is 1.26. The van der Waals surface area contributed by atoms with E-state index in [4.69, 9.17) is 5.26 Å². The maximum atomic E-state index is 8.35. The highest BCUT2D eigenvalue weighted by atomic mass is 32.1. The van der Waals surface area contributed by atoms with Crippen LogP contribution in [0.15, 0.2) is 6.20 Å². The largest absolute Gasteiger partial charge is 0.312 e. The lowest BCUT2D eigenvalue weighted by atomic mass is 10.2. The highest BCUT2D eigenvalue weighted by Gasteiger charge is 1.98. The van der Waals surface area contributed by atoms with Crippen molar-refractivity contribution < 1.29 is 0 Å². The van der Waals surface area contributed by atoms with Crippen molar-refractivity contribution in [1.29, 1.82) is 5.26 Å². The zero-order valence-corrected chi connectivity index (χ0v) is 9.94. The molecule has 1 heterocycles.